The number of amides is 1. The van der Waals surface area contributed by atoms with Gasteiger partial charge < -0.3 is 10.3 Å². The standard InChI is InChI=1S/C13H19N5O4/c1-3-10(9(2)18(21)22)6-11(17-20)4-5-15-13(19)12-7-14-8-16-12/h6-9,11H,3-5H2,1-2H3,(H,14,16)(H,15,19). The fourth-order valence-electron chi connectivity index (χ4n) is 1.91. The lowest BCUT2D eigenvalue weighted by molar-refractivity contribution is -0.508. The van der Waals surface area contributed by atoms with E-state index in [0.717, 1.165) is 0 Å². The number of aromatic amines is 1. The molecule has 0 aliphatic carbocycles. The van der Waals surface area contributed by atoms with Crippen molar-refractivity contribution in [3.05, 3.63) is 44.9 Å². The second-order valence-electron chi connectivity index (χ2n) is 4.74. The van der Waals surface area contributed by atoms with Gasteiger partial charge in [-0.2, -0.15) is 4.91 Å². The minimum atomic E-state index is -0.853. The van der Waals surface area contributed by atoms with Crippen LogP contribution < -0.4 is 5.32 Å². The molecule has 2 unspecified atom stereocenters. The van der Waals surface area contributed by atoms with Crippen LogP contribution in [0.5, 0.6) is 0 Å². The van der Waals surface area contributed by atoms with Gasteiger partial charge in [0.15, 0.2) is 0 Å². The Morgan fingerprint density at radius 3 is 2.86 bits per heavy atom. The number of imidazole rings is 1. The molecule has 0 aromatic carbocycles. The highest BCUT2D eigenvalue weighted by Gasteiger charge is 2.19. The highest BCUT2D eigenvalue weighted by Crippen LogP contribution is 2.13. The third kappa shape index (κ3) is 5.08. The SMILES string of the molecule is CCC(=CC(CCNC(=O)c1cnc[nH]1)N=O)C(C)[N+](=O)[O-]. The van der Waals surface area contributed by atoms with Crippen LogP contribution in [0.2, 0.25) is 0 Å². The van der Waals surface area contributed by atoms with Gasteiger partial charge in [0.05, 0.1) is 12.5 Å². The number of rotatable bonds is 9. The van der Waals surface area contributed by atoms with E-state index in [4.69, 9.17) is 0 Å². The lowest BCUT2D eigenvalue weighted by Crippen LogP contribution is -2.27. The first-order chi connectivity index (χ1) is 10.5. The van der Waals surface area contributed by atoms with E-state index in [2.05, 4.69) is 20.5 Å². The monoisotopic (exact) mass is 309 g/mol. The lowest BCUT2D eigenvalue weighted by Gasteiger charge is -2.10. The number of nitro groups is 1. The van der Waals surface area contributed by atoms with Gasteiger partial charge in [0.25, 0.3) is 5.91 Å². The predicted octanol–water partition coefficient (Wildman–Crippen LogP) is 1.67. The summed E-state index contributed by atoms with van der Waals surface area (Å²) in [5.74, 6) is -0.333. The Balaban J connectivity index is 2.55. The van der Waals surface area contributed by atoms with Crippen molar-refractivity contribution in [2.75, 3.05) is 6.54 Å². The summed E-state index contributed by atoms with van der Waals surface area (Å²) < 4.78 is 0. The molecule has 9 heteroatoms. The summed E-state index contributed by atoms with van der Waals surface area (Å²) in [6.45, 7) is 3.49. The molecule has 1 aromatic rings. The number of hydrogen-bond acceptors (Lipinski definition) is 6. The van der Waals surface area contributed by atoms with Crippen molar-refractivity contribution in [2.45, 2.75) is 38.8 Å². The van der Waals surface area contributed by atoms with Crippen LogP contribution in [0.1, 0.15) is 37.2 Å². The molecule has 0 bridgehead atoms. The maximum absolute atomic E-state index is 11.7. The summed E-state index contributed by atoms with van der Waals surface area (Å²) in [6.07, 6.45) is 5.04. The summed E-state index contributed by atoms with van der Waals surface area (Å²) in [6, 6.07) is -1.56. The smallest absolute Gasteiger partial charge is 0.269 e. The highest BCUT2D eigenvalue weighted by atomic mass is 16.6. The molecule has 1 heterocycles. The molecule has 22 heavy (non-hydrogen) atoms. The van der Waals surface area contributed by atoms with Crippen molar-refractivity contribution in [1.82, 2.24) is 15.3 Å². The first-order valence-electron chi connectivity index (χ1n) is 6.92. The summed E-state index contributed by atoms with van der Waals surface area (Å²) in [7, 11) is 0. The number of nitrogens with one attached hydrogen (secondary N) is 2. The third-order valence-electron chi connectivity index (χ3n) is 3.27. The van der Waals surface area contributed by atoms with Crippen molar-refractivity contribution in [1.29, 1.82) is 0 Å². The van der Waals surface area contributed by atoms with E-state index in [1.54, 1.807) is 6.92 Å². The molecular formula is C13H19N5O4. The second kappa shape index (κ2) is 8.65. The first kappa shape index (κ1) is 17.5. The van der Waals surface area contributed by atoms with Crippen molar-refractivity contribution in [3.8, 4) is 0 Å². The number of H-pyrrole nitrogens is 1. The number of aromatic nitrogens is 2. The number of carbonyl (C=O) groups is 1. The average Bonchev–Trinajstić information content (AvgIpc) is 3.04. The number of nitrogens with zero attached hydrogens (tertiary/aromatic N) is 3. The van der Waals surface area contributed by atoms with Crippen molar-refractivity contribution in [3.63, 3.8) is 0 Å². The molecule has 0 radical (unpaired) electrons. The van der Waals surface area contributed by atoms with Gasteiger partial charge >= 0.3 is 0 Å². The minimum Gasteiger partial charge on any atom is -0.351 e. The van der Waals surface area contributed by atoms with Gasteiger partial charge in [-0.05, 0) is 12.8 Å². The maximum atomic E-state index is 11.7. The Bertz CT molecular complexity index is 541. The minimum absolute atomic E-state index is 0.231. The first-order valence-corrected chi connectivity index (χ1v) is 6.92. The topological polar surface area (TPSA) is 130 Å². The summed E-state index contributed by atoms with van der Waals surface area (Å²) in [5.41, 5.74) is 0.872. The molecule has 1 rings (SSSR count). The molecule has 2 atom stereocenters. The van der Waals surface area contributed by atoms with E-state index < -0.39 is 17.0 Å². The highest BCUT2D eigenvalue weighted by molar-refractivity contribution is 5.91. The Morgan fingerprint density at radius 1 is 1.64 bits per heavy atom. The molecule has 0 saturated carbocycles. The molecule has 1 amide bonds. The van der Waals surface area contributed by atoms with E-state index in [1.165, 1.54) is 25.5 Å². The molecule has 2 N–H and O–H groups in total. The quantitative estimate of drug-likeness (QED) is 0.310. The van der Waals surface area contributed by atoms with Gasteiger partial charge in [-0.1, -0.05) is 18.2 Å². The van der Waals surface area contributed by atoms with Gasteiger partial charge in [-0.15, -0.1) is 0 Å². The molecule has 9 nitrogen and oxygen atoms in total. The van der Waals surface area contributed by atoms with Crippen molar-refractivity contribution < 1.29 is 9.72 Å². The van der Waals surface area contributed by atoms with E-state index in [1.807, 2.05) is 0 Å². The Hall–Kier alpha value is -2.58. The number of carbonyl (C=O) groups excluding carboxylic acids is 1. The van der Waals surface area contributed by atoms with Gasteiger partial charge in [-0.3, -0.25) is 14.9 Å². The zero-order chi connectivity index (χ0) is 16.5. The second-order valence-corrected chi connectivity index (χ2v) is 4.74. The summed E-state index contributed by atoms with van der Waals surface area (Å²) in [4.78, 5) is 39.3. The van der Waals surface area contributed by atoms with Gasteiger partial charge in [-0.25, -0.2) is 4.98 Å². The average molecular weight is 309 g/mol. The third-order valence-corrected chi connectivity index (χ3v) is 3.27. The normalized spacial score (nSPS) is 14.2. The van der Waals surface area contributed by atoms with Crippen molar-refractivity contribution in [2.24, 2.45) is 5.18 Å². The van der Waals surface area contributed by atoms with Crippen LogP contribution in [-0.2, 0) is 0 Å². The Morgan fingerprint density at radius 2 is 2.36 bits per heavy atom. The molecule has 0 saturated heterocycles. The lowest BCUT2D eigenvalue weighted by atomic mass is 10.0. The molecule has 0 aliphatic rings. The fourth-order valence-corrected chi connectivity index (χ4v) is 1.91. The van der Waals surface area contributed by atoms with Gasteiger partial charge in [0.2, 0.25) is 6.04 Å². The zero-order valence-electron chi connectivity index (χ0n) is 12.5. The van der Waals surface area contributed by atoms with Crippen LogP contribution in [0.15, 0.2) is 29.4 Å². The molecule has 120 valence electrons. The predicted molar refractivity (Wildman–Crippen MR) is 80.0 cm³/mol. The van der Waals surface area contributed by atoms with E-state index in [0.29, 0.717) is 17.7 Å². The Labute approximate surface area is 127 Å². The molecule has 0 aliphatic heterocycles. The summed E-state index contributed by atoms with van der Waals surface area (Å²) >= 11 is 0. The van der Waals surface area contributed by atoms with Crippen LogP contribution in [0, 0.1) is 15.0 Å². The van der Waals surface area contributed by atoms with E-state index in [9.17, 15) is 19.8 Å². The van der Waals surface area contributed by atoms with Crippen LogP contribution in [-0.4, -0.2) is 39.4 Å². The molecule has 1 aromatic heterocycles. The molecule has 0 spiro atoms. The maximum Gasteiger partial charge on any atom is 0.269 e. The summed E-state index contributed by atoms with van der Waals surface area (Å²) in [5, 5.41) is 16.4. The van der Waals surface area contributed by atoms with Crippen LogP contribution in [0.3, 0.4) is 0 Å². The number of hydrogen-bond donors (Lipinski definition) is 2. The van der Waals surface area contributed by atoms with Gasteiger partial charge in [0.1, 0.15) is 11.7 Å². The van der Waals surface area contributed by atoms with Gasteiger partial charge in [0, 0.05) is 24.0 Å². The molecular weight excluding hydrogens is 290 g/mol. The Kier molecular flexibility index (Phi) is 6.87. The van der Waals surface area contributed by atoms with Crippen LogP contribution in [0.25, 0.3) is 0 Å². The van der Waals surface area contributed by atoms with E-state index in [-0.39, 0.29) is 18.9 Å². The van der Waals surface area contributed by atoms with Crippen molar-refractivity contribution >= 4 is 5.91 Å². The van der Waals surface area contributed by atoms with Crippen LogP contribution in [0.4, 0.5) is 0 Å². The number of nitroso groups, excluding NO2 is 1. The van der Waals surface area contributed by atoms with Crippen LogP contribution >= 0.6 is 0 Å². The fraction of sp³-hybridized carbons (Fsp3) is 0.538. The van der Waals surface area contributed by atoms with E-state index >= 15 is 0 Å². The molecule has 0 fully saturated rings. The zero-order valence-corrected chi connectivity index (χ0v) is 12.5. The largest absolute Gasteiger partial charge is 0.351 e.